The van der Waals surface area contributed by atoms with Crippen LogP contribution < -0.4 is 0 Å². The lowest BCUT2D eigenvalue weighted by molar-refractivity contribution is -0.0436. The standard InChI is InChI=1S/C9H15F3O3S/c1-4-7(3)8(15-5-2)6-16(13,14)9(10,11)12/h4-6H2,1-3H3/b8-7+. The molecule has 7 heteroatoms. The van der Waals surface area contributed by atoms with Crippen LogP contribution in [-0.4, -0.2) is 26.3 Å². The van der Waals surface area contributed by atoms with Gasteiger partial charge in [-0.15, -0.1) is 0 Å². The summed E-state index contributed by atoms with van der Waals surface area (Å²) >= 11 is 0. The molecular weight excluding hydrogens is 245 g/mol. The van der Waals surface area contributed by atoms with Gasteiger partial charge in [-0.3, -0.25) is 0 Å². The van der Waals surface area contributed by atoms with Crippen LogP contribution in [-0.2, 0) is 14.6 Å². The fourth-order valence-electron chi connectivity index (χ4n) is 0.914. The number of sulfone groups is 1. The van der Waals surface area contributed by atoms with Crippen LogP contribution in [0.3, 0.4) is 0 Å². The average Bonchev–Trinajstić information content (AvgIpc) is 2.14. The van der Waals surface area contributed by atoms with Gasteiger partial charge in [-0.1, -0.05) is 6.92 Å². The van der Waals surface area contributed by atoms with E-state index in [9.17, 15) is 21.6 Å². The number of halogens is 3. The number of alkyl halides is 3. The van der Waals surface area contributed by atoms with Crippen molar-refractivity contribution in [2.45, 2.75) is 32.7 Å². The molecule has 0 heterocycles. The van der Waals surface area contributed by atoms with Crippen LogP contribution in [0.5, 0.6) is 0 Å². The summed E-state index contributed by atoms with van der Waals surface area (Å²) in [5.74, 6) is -1.23. The molecule has 0 atom stereocenters. The normalized spacial score (nSPS) is 14.6. The van der Waals surface area contributed by atoms with Gasteiger partial charge in [0.15, 0.2) is 0 Å². The van der Waals surface area contributed by atoms with Crippen molar-refractivity contribution in [2.24, 2.45) is 0 Å². The van der Waals surface area contributed by atoms with Crippen LogP contribution in [0.2, 0.25) is 0 Å². The molecular formula is C9H15F3O3S. The van der Waals surface area contributed by atoms with E-state index in [1.807, 2.05) is 0 Å². The minimum atomic E-state index is -5.23. The van der Waals surface area contributed by atoms with E-state index in [1.54, 1.807) is 20.8 Å². The van der Waals surface area contributed by atoms with Crippen molar-refractivity contribution in [1.29, 1.82) is 0 Å². The van der Waals surface area contributed by atoms with Crippen LogP contribution in [0.4, 0.5) is 13.2 Å². The SMILES string of the molecule is CCO/C(CS(=O)(=O)C(F)(F)F)=C(\C)CC. The molecule has 0 aromatic carbocycles. The van der Waals surface area contributed by atoms with Crippen molar-refractivity contribution in [3.05, 3.63) is 11.3 Å². The molecule has 0 saturated heterocycles. The predicted molar refractivity (Wildman–Crippen MR) is 54.5 cm³/mol. The zero-order chi connectivity index (χ0) is 13.0. The molecule has 0 fully saturated rings. The lowest BCUT2D eigenvalue weighted by Gasteiger charge is -2.14. The molecule has 16 heavy (non-hydrogen) atoms. The molecule has 0 unspecified atom stereocenters. The van der Waals surface area contributed by atoms with Gasteiger partial charge >= 0.3 is 5.51 Å². The molecule has 96 valence electrons. The quantitative estimate of drug-likeness (QED) is 0.714. The van der Waals surface area contributed by atoms with E-state index in [-0.39, 0.29) is 12.4 Å². The second-order valence-corrected chi connectivity index (χ2v) is 5.18. The Balaban J connectivity index is 5.07. The van der Waals surface area contributed by atoms with Gasteiger partial charge in [0.1, 0.15) is 11.5 Å². The zero-order valence-electron chi connectivity index (χ0n) is 9.39. The Bertz CT molecular complexity index is 355. The van der Waals surface area contributed by atoms with Gasteiger partial charge in [-0.05, 0) is 25.8 Å². The first-order valence-corrected chi connectivity index (χ1v) is 6.41. The number of ether oxygens (including phenoxy) is 1. The van der Waals surface area contributed by atoms with Gasteiger partial charge in [0.25, 0.3) is 9.84 Å². The van der Waals surface area contributed by atoms with Crippen LogP contribution in [0.15, 0.2) is 11.3 Å². The highest BCUT2D eigenvalue weighted by molar-refractivity contribution is 7.92. The van der Waals surface area contributed by atoms with Crippen molar-refractivity contribution < 1.29 is 26.3 Å². The summed E-state index contributed by atoms with van der Waals surface area (Å²) in [5, 5.41) is 0. The first-order valence-electron chi connectivity index (χ1n) is 4.76. The minimum absolute atomic E-state index is 0.109. The van der Waals surface area contributed by atoms with Gasteiger partial charge in [-0.2, -0.15) is 13.2 Å². The summed E-state index contributed by atoms with van der Waals surface area (Å²) in [6.45, 7) is 4.99. The molecule has 0 saturated carbocycles. The maximum absolute atomic E-state index is 12.1. The molecule has 0 aliphatic heterocycles. The van der Waals surface area contributed by atoms with Crippen molar-refractivity contribution in [1.82, 2.24) is 0 Å². The molecule has 0 rings (SSSR count). The highest BCUT2D eigenvalue weighted by Crippen LogP contribution is 2.26. The average molecular weight is 260 g/mol. The molecule has 0 spiro atoms. The minimum Gasteiger partial charge on any atom is -0.497 e. The van der Waals surface area contributed by atoms with Crippen LogP contribution >= 0.6 is 0 Å². The van der Waals surface area contributed by atoms with Gasteiger partial charge < -0.3 is 4.74 Å². The molecule has 0 radical (unpaired) electrons. The Morgan fingerprint density at radius 1 is 1.25 bits per heavy atom. The van der Waals surface area contributed by atoms with E-state index < -0.39 is 21.1 Å². The zero-order valence-corrected chi connectivity index (χ0v) is 10.2. The predicted octanol–water partition coefficient (Wildman–Crippen LogP) is 2.64. The second-order valence-electron chi connectivity index (χ2n) is 3.19. The first-order chi connectivity index (χ1) is 7.15. The maximum atomic E-state index is 12.1. The first kappa shape index (κ1) is 15.3. The molecule has 0 aromatic heterocycles. The van der Waals surface area contributed by atoms with Crippen LogP contribution in [0.25, 0.3) is 0 Å². The molecule has 0 aromatic rings. The fourth-order valence-corrected chi connectivity index (χ4v) is 1.75. The van der Waals surface area contributed by atoms with Gasteiger partial charge in [-0.25, -0.2) is 8.42 Å². The lowest BCUT2D eigenvalue weighted by atomic mass is 10.2. The smallest absolute Gasteiger partial charge is 0.497 e. The number of allylic oxidation sites excluding steroid dienone is 1. The third kappa shape index (κ3) is 4.03. The van der Waals surface area contributed by atoms with E-state index in [0.717, 1.165) is 0 Å². The van der Waals surface area contributed by atoms with Crippen LogP contribution in [0, 0.1) is 0 Å². The summed E-state index contributed by atoms with van der Waals surface area (Å²) in [5.41, 5.74) is -4.72. The summed E-state index contributed by atoms with van der Waals surface area (Å²) in [7, 11) is -5.16. The third-order valence-electron chi connectivity index (χ3n) is 2.00. The third-order valence-corrected chi connectivity index (χ3v) is 3.35. The Labute approximate surface area is 93.2 Å². The van der Waals surface area contributed by atoms with Crippen molar-refractivity contribution >= 4 is 9.84 Å². The topological polar surface area (TPSA) is 43.4 Å². The Kier molecular flexibility index (Phi) is 5.31. The van der Waals surface area contributed by atoms with E-state index in [4.69, 9.17) is 4.74 Å². The molecule has 0 amide bonds. The fraction of sp³-hybridized carbons (Fsp3) is 0.778. The lowest BCUT2D eigenvalue weighted by Crippen LogP contribution is -2.27. The number of rotatable bonds is 5. The van der Waals surface area contributed by atoms with E-state index in [2.05, 4.69) is 0 Å². The van der Waals surface area contributed by atoms with Crippen molar-refractivity contribution in [3.63, 3.8) is 0 Å². The summed E-state index contributed by atoms with van der Waals surface area (Å²) in [6.07, 6.45) is 0.447. The summed E-state index contributed by atoms with van der Waals surface area (Å²) in [4.78, 5) is 0. The Morgan fingerprint density at radius 2 is 1.75 bits per heavy atom. The Morgan fingerprint density at radius 3 is 2.06 bits per heavy atom. The maximum Gasteiger partial charge on any atom is 0.497 e. The second kappa shape index (κ2) is 5.56. The highest BCUT2D eigenvalue weighted by Gasteiger charge is 2.46. The van der Waals surface area contributed by atoms with Crippen molar-refractivity contribution in [2.75, 3.05) is 12.4 Å². The van der Waals surface area contributed by atoms with E-state index >= 15 is 0 Å². The number of hydrogen-bond donors (Lipinski definition) is 0. The van der Waals surface area contributed by atoms with E-state index in [1.165, 1.54) is 0 Å². The van der Waals surface area contributed by atoms with E-state index in [0.29, 0.717) is 12.0 Å². The molecule has 0 bridgehead atoms. The number of hydrogen-bond acceptors (Lipinski definition) is 3. The van der Waals surface area contributed by atoms with Gasteiger partial charge in [0.2, 0.25) is 0 Å². The monoisotopic (exact) mass is 260 g/mol. The molecule has 0 aliphatic rings. The molecule has 3 nitrogen and oxygen atoms in total. The van der Waals surface area contributed by atoms with Crippen LogP contribution in [0.1, 0.15) is 27.2 Å². The van der Waals surface area contributed by atoms with Gasteiger partial charge in [0, 0.05) is 0 Å². The largest absolute Gasteiger partial charge is 0.497 e. The molecule has 0 N–H and O–H groups in total. The summed E-state index contributed by atoms with van der Waals surface area (Å²) in [6, 6.07) is 0. The summed E-state index contributed by atoms with van der Waals surface area (Å²) < 4.78 is 63.2. The molecule has 0 aliphatic carbocycles. The highest BCUT2D eigenvalue weighted by atomic mass is 32.2. The Hall–Kier alpha value is -0.720. The van der Waals surface area contributed by atoms with Gasteiger partial charge in [0.05, 0.1) is 6.61 Å². The van der Waals surface area contributed by atoms with Crippen molar-refractivity contribution in [3.8, 4) is 0 Å².